The topological polar surface area (TPSA) is 21.1 Å². The van der Waals surface area contributed by atoms with Crippen molar-refractivity contribution in [3.05, 3.63) is 16.0 Å². The van der Waals surface area contributed by atoms with Crippen LogP contribution in [0, 0.1) is 9.49 Å². The molecular weight excluding hydrogens is 277 g/mol. The van der Waals surface area contributed by atoms with Gasteiger partial charge in [-0.2, -0.15) is 5.10 Å². The van der Waals surface area contributed by atoms with Crippen molar-refractivity contribution in [1.29, 1.82) is 0 Å². The number of halogens is 1. The van der Waals surface area contributed by atoms with E-state index in [0.29, 0.717) is 0 Å². The van der Waals surface area contributed by atoms with Gasteiger partial charge in [0.1, 0.15) is 0 Å². The first-order valence-electron chi connectivity index (χ1n) is 4.60. The number of likely N-dealkylation sites (tertiary alicyclic amines) is 1. The number of hydrogen-bond donors (Lipinski definition) is 0. The van der Waals surface area contributed by atoms with Crippen LogP contribution in [0.3, 0.4) is 0 Å². The molecule has 13 heavy (non-hydrogen) atoms. The molecule has 0 amide bonds. The van der Waals surface area contributed by atoms with Crippen molar-refractivity contribution in [3.63, 3.8) is 0 Å². The molecule has 1 aromatic heterocycles. The fourth-order valence-corrected chi connectivity index (χ4v) is 2.32. The van der Waals surface area contributed by atoms with Crippen molar-refractivity contribution < 1.29 is 0 Å². The van der Waals surface area contributed by atoms with Gasteiger partial charge in [-0.05, 0) is 48.5 Å². The molecule has 4 heteroatoms. The van der Waals surface area contributed by atoms with Gasteiger partial charge in [0.05, 0.1) is 9.77 Å². The average molecular weight is 291 g/mol. The number of nitrogens with zero attached hydrogens (tertiary/aromatic N) is 3. The zero-order valence-corrected chi connectivity index (χ0v) is 9.94. The van der Waals surface area contributed by atoms with E-state index >= 15 is 0 Å². The lowest BCUT2D eigenvalue weighted by molar-refractivity contribution is 0.370. The fourth-order valence-electron chi connectivity index (χ4n) is 1.88. The summed E-state index contributed by atoms with van der Waals surface area (Å²) in [5.74, 6) is 0.792. The monoisotopic (exact) mass is 291 g/mol. The molecule has 1 aliphatic heterocycles. The average Bonchev–Trinajstić information content (AvgIpc) is 2.62. The van der Waals surface area contributed by atoms with Crippen molar-refractivity contribution >= 4 is 22.6 Å². The number of aromatic nitrogens is 2. The predicted octanol–water partition coefficient (Wildman–Crippen LogP) is 1.44. The molecule has 1 unspecified atom stereocenters. The second-order valence-corrected chi connectivity index (χ2v) is 5.04. The third kappa shape index (κ3) is 2.43. The van der Waals surface area contributed by atoms with Gasteiger partial charge in [0.2, 0.25) is 0 Å². The van der Waals surface area contributed by atoms with Crippen LogP contribution in [0.25, 0.3) is 0 Å². The van der Waals surface area contributed by atoms with E-state index in [4.69, 9.17) is 0 Å². The van der Waals surface area contributed by atoms with E-state index in [0.717, 1.165) is 12.5 Å². The van der Waals surface area contributed by atoms with Crippen molar-refractivity contribution in [3.8, 4) is 0 Å². The lowest BCUT2D eigenvalue weighted by atomic mass is 10.1. The van der Waals surface area contributed by atoms with Crippen LogP contribution in [0.2, 0.25) is 0 Å². The van der Waals surface area contributed by atoms with Crippen LogP contribution in [-0.4, -0.2) is 34.8 Å². The summed E-state index contributed by atoms with van der Waals surface area (Å²) in [4.78, 5) is 2.39. The van der Waals surface area contributed by atoms with E-state index in [9.17, 15) is 0 Å². The van der Waals surface area contributed by atoms with Gasteiger partial charge in [0.15, 0.2) is 0 Å². The van der Waals surface area contributed by atoms with E-state index in [2.05, 4.69) is 50.5 Å². The van der Waals surface area contributed by atoms with E-state index < -0.39 is 0 Å². The first kappa shape index (κ1) is 9.45. The Morgan fingerprint density at radius 3 is 3.08 bits per heavy atom. The molecule has 0 radical (unpaired) electrons. The van der Waals surface area contributed by atoms with Crippen molar-refractivity contribution in [2.75, 3.05) is 20.1 Å². The van der Waals surface area contributed by atoms with Crippen LogP contribution in [0.1, 0.15) is 6.42 Å². The van der Waals surface area contributed by atoms with Gasteiger partial charge >= 0.3 is 0 Å². The van der Waals surface area contributed by atoms with Gasteiger partial charge in [0.25, 0.3) is 0 Å². The molecule has 1 aliphatic rings. The maximum atomic E-state index is 4.29. The lowest BCUT2D eigenvalue weighted by Gasteiger charge is -2.09. The Kier molecular flexibility index (Phi) is 2.88. The standard InChI is InChI=1S/C9H14IN3/c1-12-3-2-8(5-12)6-13-7-9(10)4-11-13/h4,7-8H,2-3,5-6H2,1H3. The van der Waals surface area contributed by atoms with Crippen LogP contribution >= 0.6 is 22.6 Å². The van der Waals surface area contributed by atoms with Gasteiger partial charge in [-0.25, -0.2) is 0 Å². The van der Waals surface area contributed by atoms with Gasteiger partial charge in [0, 0.05) is 19.3 Å². The molecule has 0 saturated carbocycles. The van der Waals surface area contributed by atoms with Crippen molar-refractivity contribution in [2.24, 2.45) is 5.92 Å². The second kappa shape index (κ2) is 3.96. The molecule has 72 valence electrons. The van der Waals surface area contributed by atoms with Crippen LogP contribution in [0.4, 0.5) is 0 Å². The molecule has 0 aliphatic carbocycles. The minimum atomic E-state index is 0.792. The highest BCUT2D eigenvalue weighted by Gasteiger charge is 2.19. The molecule has 1 atom stereocenters. The zero-order valence-electron chi connectivity index (χ0n) is 7.78. The maximum absolute atomic E-state index is 4.29. The summed E-state index contributed by atoms with van der Waals surface area (Å²) >= 11 is 2.30. The minimum Gasteiger partial charge on any atom is -0.306 e. The Morgan fingerprint density at radius 2 is 2.54 bits per heavy atom. The van der Waals surface area contributed by atoms with Gasteiger partial charge in [-0.1, -0.05) is 0 Å². The first-order valence-corrected chi connectivity index (χ1v) is 5.68. The molecule has 0 N–H and O–H groups in total. The Bertz CT molecular complexity index is 284. The Morgan fingerprint density at radius 1 is 1.69 bits per heavy atom. The minimum absolute atomic E-state index is 0.792. The summed E-state index contributed by atoms with van der Waals surface area (Å²) in [6, 6.07) is 0. The fraction of sp³-hybridized carbons (Fsp3) is 0.667. The van der Waals surface area contributed by atoms with Crippen molar-refractivity contribution in [1.82, 2.24) is 14.7 Å². The third-order valence-corrected chi connectivity index (χ3v) is 3.09. The second-order valence-electron chi connectivity index (χ2n) is 3.80. The third-order valence-electron chi connectivity index (χ3n) is 2.54. The van der Waals surface area contributed by atoms with Gasteiger partial charge in [-0.3, -0.25) is 4.68 Å². The molecule has 2 rings (SSSR count). The van der Waals surface area contributed by atoms with Crippen LogP contribution < -0.4 is 0 Å². The molecule has 1 fully saturated rings. The highest BCUT2D eigenvalue weighted by molar-refractivity contribution is 14.1. The Balaban J connectivity index is 1.91. The quantitative estimate of drug-likeness (QED) is 0.769. The highest BCUT2D eigenvalue weighted by Crippen LogP contribution is 2.16. The summed E-state index contributed by atoms with van der Waals surface area (Å²) in [7, 11) is 2.19. The lowest BCUT2D eigenvalue weighted by Crippen LogP contribution is -2.17. The summed E-state index contributed by atoms with van der Waals surface area (Å²) in [5.41, 5.74) is 0. The number of hydrogen-bond acceptors (Lipinski definition) is 2. The molecular formula is C9H14IN3. The van der Waals surface area contributed by atoms with E-state index in [-0.39, 0.29) is 0 Å². The Hall–Kier alpha value is -0.100. The van der Waals surface area contributed by atoms with E-state index in [1.54, 1.807) is 0 Å². The molecule has 2 heterocycles. The van der Waals surface area contributed by atoms with Gasteiger partial charge in [-0.15, -0.1) is 0 Å². The summed E-state index contributed by atoms with van der Waals surface area (Å²) in [5, 5.41) is 4.29. The molecule has 1 saturated heterocycles. The highest BCUT2D eigenvalue weighted by atomic mass is 127. The SMILES string of the molecule is CN1CCC(Cn2cc(I)cn2)C1. The smallest absolute Gasteiger partial charge is 0.0623 e. The molecule has 0 spiro atoms. The molecule has 0 bridgehead atoms. The normalized spacial score (nSPS) is 24.0. The molecule has 1 aromatic rings. The largest absolute Gasteiger partial charge is 0.306 e. The zero-order chi connectivity index (χ0) is 9.26. The van der Waals surface area contributed by atoms with Crippen LogP contribution in [0.15, 0.2) is 12.4 Å². The summed E-state index contributed by atoms with van der Waals surface area (Å²) in [6.45, 7) is 3.53. The van der Waals surface area contributed by atoms with Crippen LogP contribution in [0.5, 0.6) is 0 Å². The molecule has 3 nitrogen and oxygen atoms in total. The summed E-state index contributed by atoms with van der Waals surface area (Å²) in [6.07, 6.45) is 5.34. The van der Waals surface area contributed by atoms with Crippen molar-refractivity contribution in [2.45, 2.75) is 13.0 Å². The first-order chi connectivity index (χ1) is 6.24. The Labute approximate surface area is 92.2 Å². The molecule has 0 aromatic carbocycles. The van der Waals surface area contributed by atoms with E-state index in [1.807, 2.05) is 6.20 Å². The number of rotatable bonds is 2. The van der Waals surface area contributed by atoms with Crippen LogP contribution in [-0.2, 0) is 6.54 Å². The maximum Gasteiger partial charge on any atom is 0.0623 e. The summed E-state index contributed by atoms with van der Waals surface area (Å²) < 4.78 is 3.29. The predicted molar refractivity (Wildman–Crippen MR) is 60.5 cm³/mol. The van der Waals surface area contributed by atoms with Gasteiger partial charge < -0.3 is 4.90 Å². The van der Waals surface area contributed by atoms with E-state index in [1.165, 1.54) is 23.1 Å².